The lowest BCUT2D eigenvalue weighted by Gasteiger charge is -2.21. The molecule has 2 unspecified atom stereocenters. The number of hydrogen-bond donors (Lipinski definition) is 0. The van der Waals surface area contributed by atoms with Crippen LogP contribution in [-0.2, 0) is 17.1 Å². The fourth-order valence-corrected chi connectivity index (χ4v) is 4.21. The largest absolute Gasteiger partial charge is 0.339 e. The van der Waals surface area contributed by atoms with E-state index in [0.717, 1.165) is 0 Å². The molecule has 2 atom stereocenters. The van der Waals surface area contributed by atoms with E-state index >= 15 is 0 Å². The molecule has 1 amide bonds. The number of rotatable bonds is 3. The van der Waals surface area contributed by atoms with Crippen molar-refractivity contribution in [2.24, 2.45) is 5.92 Å². The first kappa shape index (κ1) is 17.1. The third-order valence-electron chi connectivity index (χ3n) is 5.53. The van der Waals surface area contributed by atoms with Crippen molar-refractivity contribution in [2.45, 2.75) is 31.7 Å². The van der Waals surface area contributed by atoms with Crippen LogP contribution in [0, 0.1) is 5.92 Å². The second kappa shape index (κ2) is 6.15. The molecule has 0 saturated carbocycles. The van der Waals surface area contributed by atoms with Crippen molar-refractivity contribution in [1.29, 1.82) is 0 Å². The number of halogens is 3. The van der Waals surface area contributed by atoms with E-state index in [1.54, 1.807) is 35.2 Å². The summed E-state index contributed by atoms with van der Waals surface area (Å²) in [6.07, 6.45) is 0.816. The maximum Gasteiger partial charge on any atom is 0.299 e. The number of carbonyl (C=O) groups is 1. The number of carbonyl (C=O) groups excluding carboxylic acids is 1. The minimum atomic E-state index is -3.01. The van der Waals surface area contributed by atoms with Crippen molar-refractivity contribution >= 4 is 5.91 Å². The van der Waals surface area contributed by atoms with E-state index in [0.29, 0.717) is 29.7 Å². The van der Waals surface area contributed by atoms with Crippen LogP contribution in [-0.4, -0.2) is 30.1 Å². The first-order chi connectivity index (χ1) is 12.4. The Morgan fingerprint density at radius 1 is 1.15 bits per heavy atom. The molecule has 0 radical (unpaired) electrons. The van der Waals surface area contributed by atoms with Gasteiger partial charge in [-0.3, -0.25) is 9.18 Å². The van der Waals surface area contributed by atoms with Gasteiger partial charge in [-0.2, -0.15) is 8.78 Å². The van der Waals surface area contributed by atoms with E-state index in [-0.39, 0.29) is 35.4 Å². The van der Waals surface area contributed by atoms with E-state index in [4.69, 9.17) is 0 Å². The Kier molecular flexibility index (Phi) is 4.05. The first-order valence-corrected chi connectivity index (χ1v) is 8.88. The van der Waals surface area contributed by atoms with Gasteiger partial charge in [0.15, 0.2) is 0 Å². The summed E-state index contributed by atoms with van der Waals surface area (Å²) in [7, 11) is 0. The van der Waals surface area contributed by atoms with Gasteiger partial charge in [-0.1, -0.05) is 42.5 Å². The summed E-state index contributed by atoms with van der Waals surface area (Å²) in [6.45, 7) is 1.94. The molecule has 1 aliphatic carbocycles. The highest BCUT2D eigenvalue weighted by Crippen LogP contribution is 2.50. The number of benzene rings is 2. The predicted octanol–water partition coefficient (Wildman–Crippen LogP) is 4.56. The van der Waals surface area contributed by atoms with Gasteiger partial charge in [-0.15, -0.1) is 0 Å². The van der Waals surface area contributed by atoms with Crippen LogP contribution in [0.4, 0.5) is 13.2 Å². The van der Waals surface area contributed by atoms with Gasteiger partial charge < -0.3 is 4.90 Å². The van der Waals surface area contributed by atoms with Crippen LogP contribution in [0.2, 0.25) is 0 Å². The fourth-order valence-electron chi connectivity index (χ4n) is 4.21. The Bertz CT molecular complexity index is 864. The van der Waals surface area contributed by atoms with Crippen LogP contribution in [0.5, 0.6) is 0 Å². The summed E-state index contributed by atoms with van der Waals surface area (Å²) in [5.41, 5.74) is 1.72. The summed E-state index contributed by atoms with van der Waals surface area (Å²) in [6, 6.07) is 11.2. The molecular formula is C21H20F3NO. The maximum atomic E-state index is 14.6. The molecule has 2 aromatic rings. The minimum absolute atomic E-state index is 0.0115. The number of nitrogens with zero attached hydrogens (tertiary/aromatic N) is 1. The second-order valence-electron chi connectivity index (χ2n) is 7.33. The molecule has 2 aromatic carbocycles. The quantitative estimate of drug-likeness (QED) is 0.787. The van der Waals surface area contributed by atoms with Crippen molar-refractivity contribution in [3.8, 4) is 11.1 Å². The summed E-state index contributed by atoms with van der Waals surface area (Å²) < 4.78 is 42.1. The van der Waals surface area contributed by atoms with Gasteiger partial charge in [0.1, 0.15) is 0 Å². The van der Waals surface area contributed by atoms with Crippen LogP contribution >= 0.6 is 0 Å². The number of fused-ring (bicyclic) bond motifs is 3. The lowest BCUT2D eigenvalue weighted by Crippen LogP contribution is -2.35. The van der Waals surface area contributed by atoms with E-state index in [9.17, 15) is 18.0 Å². The standard InChI is InChI=1S/C21H20F3NO/c1-13-8-15(11-22)12-25(13)20(26)10-14-6-7-19-17(9-14)16-4-2-3-5-18(16)21(19,23)24/h2-7,9,13,15H,8,10-12H2,1H3. The number of likely N-dealkylation sites (tertiary alicyclic amines) is 1. The van der Waals surface area contributed by atoms with Crippen LogP contribution < -0.4 is 0 Å². The Labute approximate surface area is 150 Å². The van der Waals surface area contributed by atoms with Gasteiger partial charge in [-0.05, 0) is 30.0 Å². The average molecular weight is 359 g/mol. The summed E-state index contributed by atoms with van der Waals surface area (Å²) in [5, 5.41) is 0. The SMILES string of the molecule is CC1CC(CF)CN1C(=O)Cc1ccc2c(c1)-c1ccccc1C2(F)F. The molecule has 2 nitrogen and oxygen atoms in total. The molecule has 1 fully saturated rings. The van der Waals surface area contributed by atoms with Crippen LogP contribution in [0.3, 0.4) is 0 Å². The van der Waals surface area contributed by atoms with E-state index in [1.165, 1.54) is 12.1 Å². The molecule has 1 aliphatic heterocycles. The predicted molar refractivity (Wildman–Crippen MR) is 93.8 cm³/mol. The molecule has 0 aromatic heterocycles. The lowest BCUT2D eigenvalue weighted by atomic mass is 10.0. The van der Waals surface area contributed by atoms with Crippen molar-refractivity contribution in [2.75, 3.05) is 13.2 Å². The van der Waals surface area contributed by atoms with E-state index in [1.807, 2.05) is 6.92 Å². The van der Waals surface area contributed by atoms with Crippen molar-refractivity contribution in [3.63, 3.8) is 0 Å². The third-order valence-corrected chi connectivity index (χ3v) is 5.53. The van der Waals surface area contributed by atoms with Crippen molar-refractivity contribution in [3.05, 3.63) is 59.2 Å². The van der Waals surface area contributed by atoms with E-state index < -0.39 is 12.6 Å². The Morgan fingerprint density at radius 3 is 2.62 bits per heavy atom. The molecule has 0 N–H and O–H groups in total. The van der Waals surface area contributed by atoms with Gasteiger partial charge >= 0.3 is 0 Å². The highest BCUT2D eigenvalue weighted by atomic mass is 19.3. The zero-order valence-corrected chi connectivity index (χ0v) is 14.5. The number of amides is 1. The molecule has 1 heterocycles. The number of alkyl halides is 3. The first-order valence-electron chi connectivity index (χ1n) is 8.88. The third kappa shape index (κ3) is 2.61. The van der Waals surface area contributed by atoms with E-state index in [2.05, 4.69) is 0 Å². The molecule has 0 spiro atoms. The maximum absolute atomic E-state index is 14.6. The molecule has 136 valence electrons. The van der Waals surface area contributed by atoms with Gasteiger partial charge in [0.05, 0.1) is 13.1 Å². The van der Waals surface area contributed by atoms with Gasteiger partial charge in [0.2, 0.25) is 5.91 Å². The summed E-state index contributed by atoms with van der Waals surface area (Å²) in [5.74, 6) is -3.18. The average Bonchev–Trinajstić information content (AvgIpc) is 3.11. The highest BCUT2D eigenvalue weighted by Gasteiger charge is 2.44. The van der Waals surface area contributed by atoms with Gasteiger partial charge in [0, 0.05) is 29.6 Å². The topological polar surface area (TPSA) is 20.3 Å². The normalized spacial score (nSPS) is 23.0. The fraction of sp³-hybridized carbons (Fsp3) is 0.381. The molecular weight excluding hydrogens is 339 g/mol. The van der Waals surface area contributed by atoms with Crippen molar-refractivity contribution < 1.29 is 18.0 Å². The van der Waals surface area contributed by atoms with Crippen LogP contribution in [0.1, 0.15) is 30.0 Å². The zero-order chi connectivity index (χ0) is 18.5. The van der Waals surface area contributed by atoms with Crippen LogP contribution in [0.15, 0.2) is 42.5 Å². The highest BCUT2D eigenvalue weighted by molar-refractivity contribution is 5.83. The smallest absolute Gasteiger partial charge is 0.299 e. The lowest BCUT2D eigenvalue weighted by molar-refractivity contribution is -0.131. The molecule has 5 heteroatoms. The Balaban J connectivity index is 1.61. The Hall–Kier alpha value is -2.30. The summed E-state index contributed by atoms with van der Waals surface area (Å²) >= 11 is 0. The monoisotopic (exact) mass is 359 g/mol. The molecule has 1 saturated heterocycles. The number of hydrogen-bond acceptors (Lipinski definition) is 1. The minimum Gasteiger partial charge on any atom is -0.339 e. The molecule has 26 heavy (non-hydrogen) atoms. The molecule has 2 aliphatic rings. The Morgan fingerprint density at radius 2 is 1.88 bits per heavy atom. The second-order valence-corrected chi connectivity index (χ2v) is 7.33. The molecule has 0 bridgehead atoms. The van der Waals surface area contributed by atoms with Gasteiger partial charge in [0.25, 0.3) is 5.92 Å². The van der Waals surface area contributed by atoms with Crippen LogP contribution in [0.25, 0.3) is 11.1 Å². The van der Waals surface area contributed by atoms with Crippen molar-refractivity contribution in [1.82, 2.24) is 4.90 Å². The molecule has 4 rings (SSSR count). The summed E-state index contributed by atoms with van der Waals surface area (Å²) in [4.78, 5) is 14.3. The zero-order valence-electron chi connectivity index (χ0n) is 14.5. The van der Waals surface area contributed by atoms with Gasteiger partial charge in [-0.25, -0.2) is 0 Å².